The summed E-state index contributed by atoms with van der Waals surface area (Å²) >= 11 is 1.29. The Morgan fingerprint density at radius 1 is 0.655 bits per heavy atom. The van der Waals surface area contributed by atoms with Crippen LogP contribution in [0, 0.1) is 0 Å². The Balaban J connectivity index is 1.28. The van der Waals surface area contributed by atoms with Crippen LogP contribution in [0.4, 0.5) is 11.4 Å². The fraction of sp³-hybridized carbons (Fsp3) is 0.0833. The second-order valence-corrected chi connectivity index (χ2v) is 7.66. The number of rotatable bonds is 6. The number of thioether (sulfide) groups is 1. The van der Waals surface area contributed by atoms with Crippen molar-refractivity contribution < 1.29 is 9.59 Å². The summed E-state index contributed by atoms with van der Waals surface area (Å²) in [5.41, 5.74) is 1.55. The third kappa shape index (κ3) is 4.76. The first-order valence-electron chi connectivity index (χ1n) is 9.33. The molecule has 5 heteroatoms. The van der Waals surface area contributed by atoms with Crippen molar-refractivity contribution in [3.05, 3.63) is 84.9 Å². The van der Waals surface area contributed by atoms with Gasteiger partial charge in [-0.3, -0.25) is 9.59 Å². The SMILES string of the molecule is O=C(CSCC(=O)Nc1cccc2ccccc12)Nc1ccc2ccccc2c1. The zero-order valence-electron chi connectivity index (χ0n) is 15.7. The summed E-state index contributed by atoms with van der Waals surface area (Å²) in [5, 5.41) is 10.1. The van der Waals surface area contributed by atoms with Gasteiger partial charge < -0.3 is 10.6 Å². The highest BCUT2D eigenvalue weighted by atomic mass is 32.2. The molecule has 0 radical (unpaired) electrons. The van der Waals surface area contributed by atoms with Crippen molar-refractivity contribution in [3.63, 3.8) is 0 Å². The van der Waals surface area contributed by atoms with Crippen molar-refractivity contribution in [3.8, 4) is 0 Å². The molecule has 4 aromatic rings. The molecule has 4 rings (SSSR count). The number of carbonyl (C=O) groups is 2. The van der Waals surface area contributed by atoms with Crippen molar-refractivity contribution in [2.24, 2.45) is 0 Å². The van der Waals surface area contributed by atoms with E-state index in [4.69, 9.17) is 0 Å². The molecular formula is C24H20N2O2S. The summed E-state index contributed by atoms with van der Waals surface area (Å²) in [6.07, 6.45) is 0. The lowest BCUT2D eigenvalue weighted by Crippen LogP contribution is -2.18. The van der Waals surface area contributed by atoms with E-state index in [-0.39, 0.29) is 23.3 Å². The number of fused-ring (bicyclic) bond motifs is 2. The maximum Gasteiger partial charge on any atom is 0.234 e. The first kappa shape index (κ1) is 19.0. The lowest BCUT2D eigenvalue weighted by molar-refractivity contribution is -0.114. The van der Waals surface area contributed by atoms with E-state index in [0.29, 0.717) is 0 Å². The van der Waals surface area contributed by atoms with Crippen molar-refractivity contribution in [2.75, 3.05) is 22.1 Å². The second kappa shape index (κ2) is 8.80. The van der Waals surface area contributed by atoms with Gasteiger partial charge in [-0.25, -0.2) is 0 Å². The first-order chi connectivity index (χ1) is 14.2. The molecule has 0 aliphatic carbocycles. The van der Waals surface area contributed by atoms with E-state index in [0.717, 1.165) is 32.9 Å². The molecule has 0 atom stereocenters. The summed E-state index contributed by atoms with van der Waals surface area (Å²) in [6.45, 7) is 0. The molecule has 0 unspecified atom stereocenters. The molecular weight excluding hydrogens is 380 g/mol. The quantitative estimate of drug-likeness (QED) is 0.461. The normalized spacial score (nSPS) is 10.8. The number of benzene rings is 4. The summed E-state index contributed by atoms with van der Waals surface area (Å²) in [4.78, 5) is 24.5. The standard InChI is InChI=1S/C24H20N2O2S/c27-23(25-20-13-12-17-6-1-2-8-19(17)14-20)15-29-16-24(28)26-22-11-5-9-18-7-3-4-10-21(18)22/h1-14H,15-16H2,(H,25,27)(H,26,28). The van der Waals surface area contributed by atoms with Crippen LogP contribution in [0.25, 0.3) is 21.5 Å². The van der Waals surface area contributed by atoms with E-state index in [1.807, 2.05) is 84.9 Å². The molecule has 144 valence electrons. The average molecular weight is 401 g/mol. The van der Waals surface area contributed by atoms with Crippen LogP contribution in [0.5, 0.6) is 0 Å². The van der Waals surface area contributed by atoms with Crippen molar-refractivity contribution >= 4 is 56.5 Å². The Labute approximate surface area is 173 Å². The summed E-state index contributed by atoms with van der Waals surface area (Å²) in [6, 6.07) is 27.5. The highest BCUT2D eigenvalue weighted by Crippen LogP contribution is 2.23. The minimum Gasteiger partial charge on any atom is -0.325 e. The highest BCUT2D eigenvalue weighted by Gasteiger charge is 2.08. The van der Waals surface area contributed by atoms with Crippen LogP contribution in [0.2, 0.25) is 0 Å². The minimum absolute atomic E-state index is 0.121. The van der Waals surface area contributed by atoms with Gasteiger partial charge >= 0.3 is 0 Å². The molecule has 29 heavy (non-hydrogen) atoms. The highest BCUT2D eigenvalue weighted by molar-refractivity contribution is 8.00. The molecule has 0 saturated heterocycles. The molecule has 0 aliphatic heterocycles. The van der Waals surface area contributed by atoms with Crippen molar-refractivity contribution in [1.82, 2.24) is 0 Å². The van der Waals surface area contributed by atoms with Gasteiger partial charge in [-0.15, -0.1) is 11.8 Å². The first-order valence-corrected chi connectivity index (χ1v) is 10.5. The number of hydrogen-bond acceptors (Lipinski definition) is 3. The number of nitrogens with one attached hydrogen (secondary N) is 2. The molecule has 0 spiro atoms. The molecule has 0 heterocycles. The van der Waals surface area contributed by atoms with E-state index < -0.39 is 0 Å². The van der Waals surface area contributed by atoms with Gasteiger partial charge in [-0.05, 0) is 34.4 Å². The lowest BCUT2D eigenvalue weighted by Gasteiger charge is -2.09. The van der Waals surface area contributed by atoms with Crippen LogP contribution in [0.15, 0.2) is 84.9 Å². The van der Waals surface area contributed by atoms with Crippen LogP contribution in [0.3, 0.4) is 0 Å². The van der Waals surface area contributed by atoms with E-state index in [9.17, 15) is 9.59 Å². The maximum absolute atomic E-state index is 12.3. The predicted octanol–water partition coefficient (Wildman–Crippen LogP) is 5.30. The number of hydrogen-bond donors (Lipinski definition) is 2. The Hall–Kier alpha value is -3.31. The number of amides is 2. The summed E-state index contributed by atoms with van der Waals surface area (Å²) < 4.78 is 0. The maximum atomic E-state index is 12.3. The largest absolute Gasteiger partial charge is 0.325 e. The molecule has 0 aliphatic rings. The smallest absolute Gasteiger partial charge is 0.234 e. The van der Waals surface area contributed by atoms with Gasteiger partial charge in [0, 0.05) is 16.8 Å². The van der Waals surface area contributed by atoms with Gasteiger partial charge in [-0.2, -0.15) is 0 Å². The molecule has 4 nitrogen and oxygen atoms in total. The Bertz CT molecular complexity index is 1180. The number of carbonyl (C=O) groups excluding carboxylic acids is 2. The van der Waals surface area contributed by atoms with E-state index in [1.54, 1.807) is 0 Å². The topological polar surface area (TPSA) is 58.2 Å². The van der Waals surface area contributed by atoms with E-state index in [1.165, 1.54) is 11.8 Å². The molecule has 4 aromatic carbocycles. The Morgan fingerprint density at radius 2 is 1.31 bits per heavy atom. The third-order valence-corrected chi connectivity index (χ3v) is 5.50. The van der Waals surface area contributed by atoms with Crippen molar-refractivity contribution in [2.45, 2.75) is 0 Å². The summed E-state index contributed by atoms with van der Waals surface area (Å²) in [5.74, 6) is 0.192. The van der Waals surface area contributed by atoms with Gasteiger partial charge in [0.1, 0.15) is 0 Å². The van der Waals surface area contributed by atoms with Crippen LogP contribution in [-0.4, -0.2) is 23.3 Å². The zero-order chi connectivity index (χ0) is 20.1. The van der Waals surface area contributed by atoms with E-state index in [2.05, 4.69) is 10.6 Å². The average Bonchev–Trinajstić information content (AvgIpc) is 2.74. The second-order valence-electron chi connectivity index (χ2n) is 6.68. The third-order valence-electron chi connectivity index (χ3n) is 4.56. The predicted molar refractivity (Wildman–Crippen MR) is 122 cm³/mol. The van der Waals surface area contributed by atoms with Crippen molar-refractivity contribution in [1.29, 1.82) is 0 Å². The molecule has 0 fully saturated rings. The van der Waals surface area contributed by atoms with E-state index >= 15 is 0 Å². The number of anilines is 2. The summed E-state index contributed by atoms with van der Waals surface area (Å²) in [7, 11) is 0. The van der Waals surface area contributed by atoms with Gasteiger partial charge in [0.25, 0.3) is 0 Å². The molecule has 0 saturated carbocycles. The van der Waals surface area contributed by atoms with Crippen LogP contribution < -0.4 is 10.6 Å². The molecule has 0 aromatic heterocycles. The molecule has 2 N–H and O–H groups in total. The van der Waals surface area contributed by atoms with Crippen LogP contribution >= 0.6 is 11.8 Å². The van der Waals surface area contributed by atoms with Gasteiger partial charge in [-0.1, -0.05) is 66.7 Å². The van der Waals surface area contributed by atoms with Gasteiger partial charge in [0.15, 0.2) is 0 Å². The monoisotopic (exact) mass is 400 g/mol. The fourth-order valence-corrected chi connectivity index (χ4v) is 3.84. The van der Waals surface area contributed by atoms with Crippen LogP contribution in [0.1, 0.15) is 0 Å². The molecule has 2 amide bonds. The Morgan fingerprint density at radius 3 is 2.14 bits per heavy atom. The Kier molecular flexibility index (Phi) is 5.77. The van der Waals surface area contributed by atoms with Gasteiger partial charge in [0.2, 0.25) is 11.8 Å². The van der Waals surface area contributed by atoms with Crippen LogP contribution in [-0.2, 0) is 9.59 Å². The minimum atomic E-state index is -0.122. The van der Waals surface area contributed by atoms with Gasteiger partial charge in [0.05, 0.1) is 11.5 Å². The lowest BCUT2D eigenvalue weighted by atomic mass is 10.1. The zero-order valence-corrected chi connectivity index (χ0v) is 16.5. The fourth-order valence-electron chi connectivity index (χ4n) is 3.22. The molecule has 0 bridgehead atoms.